The summed E-state index contributed by atoms with van der Waals surface area (Å²) in [5.41, 5.74) is 1.31. The molecule has 1 aromatic carbocycles. The Morgan fingerprint density at radius 3 is 2.89 bits per heavy atom. The Labute approximate surface area is 109 Å². The maximum absolute atomic E-state index is 11.9. The monoisotopic (exact) mass is 262 g/mol. The third kappa shape index (κ3) is 2.74. The van der Waals surface area contributed by atoms with Crippen LogP contribution in [0, 0.1) is 0 Å². The summed E-state index contributed by atoms with van der Waals surface area (Å²) in [4.78, 5) is 25.9. The van der Waals surface area contributed by atoms with Gasteiger partial charge in [0.05, 0.1) is 19.2 Å². The molecule has 3 N–H and O–H groups in total. The zero-order valence-electron chi connectivity index (χ0n) is 10.3. The molecule has 0 saturated carbocycles. The van der Waals surface area contributed by atoms with Crippen molar-refractivity contribution in [1.29, 1.82) is 0 Å². The van der Waals surface area contributed by atoms with E-state index in [9.17, 15) is 14.7 Å². The summed E-state index contributed by atoms with van der Waals surface area (Å²) in [7, 11) is 1.17. The Morgan fingerprint density at radius 1 is 1.42 bits per heavy atom. The standard InChI is InChI=1S/C13H14N2O4/c1-19-13(18)11(16)7-15-12(17)9-6-14-10-5-3-2-4-8(9)10/h2-6,11,14,16H,7H2,1H3,(H,15,17). The number of aromatic nitrogens is 1. The Morgan fingerprint density at radius 2 is 2.16 bits per heavy atom. The van der Waals surface area contributed by atoms with Crippen LogP contribution >= 0.6 is 0 Å². The number of benzene rings is 1. The lowest BCUT2D eigenvalue weighted by Crippen LogP contribution is -2.37. The minimum atomic E-state index is -1.36. The second-order valence-corrected chi connectivity index (χ2v) is 4.00. The summed E-state index contributed by atoms with van der Waals surface area (Å²) in [5, 5.41) is 12.6. The zero-order chi connectivity index (χ0) is 13.8. The normalized spacial score (nSPS) is 12.1. The molecular weight excluding hydrogens is 248 g/mol. The molecule has 1 aromatic heterocycles. The molecule has 1 unspecified atom stereocenters. The van der Waals surface area contributed by atoms with Crippen LogP contribution < -0.4 is 5.32 Å². The molecule has 0 aliphatic rings. The number of ether oxygens (including phenoxy) is 1. The van der Waals surface area contributed by atoms with Gasteiger partial charge in [0.1, 0.15) is 0 Å². The molecule has 1 heterocycles. The van der Waals surface area contributed by atoms with Crippen LogP contribution in [-0.2, 0) is 9.53 Å². The third-order valence-corrected chi connectivity index (χ3v) is 2.76. The number of carbonyl (C=O) groups excluding carboxylic acids is 2. The number of esters is 1. The first-order valence-electron chi connectivity index (χ1n) is 5.73. The van der Waals surface area contributed by atoms with Crippen molar-refractivity contribution in [3.8, 4) is 0 Å². The number of aromatic amines is 1. The molecule has 0 radical (unpaired) electrons. The van der Waals surface area contributed by atoms with Gasteiger partial charge in [-0.2, -0.15) is 0 Å². The first kappa shape index (κ1) is 13.1. The molecular formula is C13H14N2O4. The van der Waals surface area contributed by atoms with Gasteiger partial charge in [-0.05, 0) is 6.07 Å². The highest BCUT2D eigenvalue weighted by Crippen LogP contribution is 2.17. The first-order valence-corrected chi connectivity index (χ1v) is 5.73. The number of nitrogens with one attached hydrogen (secondary N) is 2. The van der Waals surface area contributed by atoms with Crippen LogP contribution in [0.25, 0.3) is 10.9 Å². The topological polar surface area (TPSA) is 91.4 Å². The van der Waals surface area contributed by atoms with E-state index >= 15 is 0 Å². The highest BCUT2D eigenvalue weighted by molar-refractivity contribution is 6.06. The Bertz CT molecular complexity index is 605. The van der Waals surface area contributed by atoms with Crippen LogP contribution in [0.5, 0.6) is 0 Å². The Hall–Kier alpha value is -2.34. The minimum absolute atomic E-state index is 0.189. The van der Waals surface area contributed by atoms with Crippen molar-refractivity contribution in [1.82, 2.24) is 10.3 Å². The molecule has 6 nitrogen and oxygen atoms in total. The van der Waals surface area contributed by atoms with Crippen LogP contribution in [0.3, 0.4) is 0 Å². The number of aliphatic hydroxyl groups excluding tert-OH is 1. The molecule has 1 amide bonds. The molecule has 0 bridgehead atoms. The van der Waals surface area contributed by atoms with E-state index in [1.54, 1.807) is 6.20 Å². The van der Waals surface area contributed by atoms with Gasteiger partial charge in [0.25, 0.3) is 5.91 Å². The maximum atomic E-state index is 11.9. The van der Waals surface area contributed by atoms with Crippen molar-refractivity contribution >= 4 is 22.8 Å². The van der Waals surface area contributed by atoms with E-state index in [1.807, 2.05) is 24.3 Å². The van der Waals surface area contributed by atoms with Gasteiger partial charge in [0.2, 0.25) is 0 Å². The minimum Gasteiger partial charge on any atom is -0.467 e. The van der Waals surface area contributed by atoms with Gasteiger partial charge < -0.3 is 20.1 Å². The molecule has 6 heteroatoms. The molecule has 0 aliphatic heterocycles. The van der Waals surface area contributed by atoms with Crippen molar-refractivity contribution in [2.24, 2.45) is 0 Å². The number of fused-ring (bicyclic) bond motifs is 1. The van der Waals surface area contributed by atoms with E-state index < -0.39 is 12.1 Å². The smallest absolute Gasteiger partial charge is 0.336 e. The second-order valence-electron chi connectivity index (χ2n) is 4.00. The fourth-order valence-corrected chi connectivity index (χ4v) is 1.76. The van der Waals surface area contributed by atoms with E-state index in [2.05, 4.69) is 15.0 Å². The van der Waals surface area contributed by atoms with Crippen molar-refractivity contribution in [3.63, 3.8) is 0 Å². The molecule has 100 valence electrons. The van der Waals surface area contributed by atoms with Crippen LogP contribution in [0.1, 0.15) is 10.4 Å². The third-order valence-electron chi connectivity index (χ3n) is 2.76. The Kier molecular flexibility index (Phi) is 3.82. The lowest BCUT2D eigenvalue weighted by atomic mass is 10.1. The SMILES string of the molecule is COC(=O)C(O)CNC(=O)c1c[nH]c2ccccc12. The van der Waals surface area contributed by atoms with E-state index in [0.29, 0.717) is 5.56 Å². The number of rotatable bonds is 4. The molecule has 0 fully saturated rings. The molecule has 2 rings (SSSR count). The van der Waals surface area contributed by atoms with Gasteiger partial charge in [0.15, 0.2) is 6.10 Å². The number of H-pyrrole nitrogens is 1. The molecule has 1 atom stereocenters. The first-order chi connectivity index (χ1) is 9.13. The van der Waals surface area contributed by atoms with E-state index in [1.165, 1.54) is 7.11 Å². The van der Waals surface area contributed by atoms with Gasteiger partial charge >= 0.3 is 5.97 Å². The van der Waals surface area contributed by atoms with Gasteiger partial charge in [-0.15, -0.1) is 0 Å². The zero-order valence-corrected chi connectivity index (χ0v) is 10.3. The largest absolute Gasteiger partial charge is 0.467 e. The van der Waals surface area contributed by atoms with Crippen molar-refractivity contribution in [3.05, 3.63) is 36.0 Å². The molecule has 2 aromatic rings. The van der Waals surface area contributed by atoms with Gasteiger partial charge in [-0.3, -0.25) is 4.79 Å². The van der Waals surface area contributed by atoms with E-state index in [-0.39, 0.29) is 12.5 Å². The van der Waals surface area contributed by atoms with Gasteiger partial charge in [-0.25, -0.2) is 4.79 Å². The van der Waals surface area contributed by atoms with E-state index in [4.69, 9.17) is 0 Å². The quantitative estimate of drug-likeness (QED) is 0.697. The van der Waals surface area contributed by atoms with Gasteiger partial charge in [0, 0.05) is 17.1 Å². The summed E-state index contributed by atoms with van der Waals surface area (Å²) in [6.45, 7) is -0.189. The lowest BCUT2D eigenvalue weighted by molar-refractivity contribution is -0.149. The highest BCUT2D eigenvalue weighted by Gasteiger charge is 2.18. The predicted octanol–water partition coefficient (Wildman–Crippen LogP) is 0.432. The van der Waals surface area contributed by atoms with Crippen molar-refractivity contribution in [2.45, 2.75) is 6.10 Å². The number of carbonyl (C=O) groups is 2. The van der Waals surface area contributed by atoms with Crippen LogP contribution in [-0.4, -0.2) is 41.7 Å². The fourth-order valence-electron chi connectivity index (χ4n) is 1.76. The molecule has 0 saturated heterocycles. The summed E-state index contributed by atoms with van der Waals surface area (Å²) in [6, 6.07) is 7.37. The van der Waals surface area contributed by atoms with E-state index in [0.717, 1.165) is 10.9 Å². The van der Waals surface area contributed by atoms with Crippen LogP contribution in [0.4, 0.5) is 0 Å². The Balaban J connectivity index is 2.06. The number of methoxy groups -OCH3 is 1. The number of hydrogen-bond donors (Lipinski definition) is 3. The van der Waals surface area contributed by atoms with Crippen molar-refractivity contribution in [2.75, 3.05) is 13.7 Å². The average molecular weight is 262 g/mol. The second kappa shape index (κ2) is 5.53. The summed E-state index contributed by atoms with van der Waals surface area (Å²) in [5.74, 6) is -1.14. The molecule has 0 spiro atoms. The van der Waals surface area contributed by atoms with Crippen molar-refractivity contribution < 1.29 is 19.4 Å². The van der Waals surface area contributed by atoms with Crippen LogP contribution in [0.15, 0.2) is 30.5 Å². The highest BCUT2D eigenvalue weighted by atomic mass is 16.5. The van der Waals surface area contributed by atoms with Crippen LogP contribution in [0.2, 0.25) is 0 Å². The number of amides is 1. The molecule has 19 heavy (non-hydrogen) atoms. The molecule has 0 aliphatic carbocycles. The average Bonchev–Trinajstić information content (AvgIpc) is 2.87. The number of aliphatic hydroxyl groups is 1. The maximum Gasteiger partial charge on any atom is 0.336 e. The lowest BCUT2D eigenvalue weighted by Gasteiger charge is -2.09. The summed E-state index contributed by atoms with van der Waals surface area (Å²) < 4.78 is 4.36. The summed E-state index contributed by atoms with van der Waals surface area (Å²) >= 11 is 0. The number of para-hydroxylation sites is 1. The predicted molar refractivity (Wildman–Crippen MR) is 68.7 cm³/mol. The summed E-state index contributed by atoms with van der Waals surface area (Å²) in [6.07, 6.45) is 0.226. The fraction of sp³-hybridized carbons (Fsp3) is 0.231. The number of hydrogen-bond acceptors (Lipinski definition) is 4. The van der Waals surface area contributed by atoms with Gasteiger partial charge in [-0.1, -0.05) is 18.2 Å².